The maximum Gasteiger partial charge on any atom is 0.252 e. The topological polar surface area (TPSA) is 63.3 Å². The van der Waals surface area contributed by atoms with Crippen molar-refractivity contribution in [3.05, 3.63) is 24.8 Å². The Hall–Kier alpha value is -0.0500. The average Bonchev–Trinajstić information content (AvgIpc) is 2.00. The second-order valence-electron chi connectivity index (χ2n) is 2.12. The van der Waals surface area contributed by atoms with Gasteiger partial charge in [0.05, 0.1) is 9.13 Å². The summed E-state index contributed by atoms with van der Waals surface area (Å²) in [4.78, 5) is 10.7. The minimum atomic E-state index is -0.609. The molecule has 0 bridgehead atoms. The van der Waals surface area contributed by atoms with E-state index in [1.807, 2.05) is 22.6 Å². The van der Waals surface area contributed by atoms with Crippen LogP contribution in [0.15, 0.2) is 12.1 Å². The summed E-state index contributed by atoms with van der Waals surface area (Å²) < 4.78 is 1.56. The lowest BCUT2D eigenvalue weighted by molar-refractivity contribution is 0.0997. The molecule has 0 spiro atoms. The zero-order valence-electron chi connectivity index (χ0n) is 5.84. The zero-order valence-corrected chi connectivity index (χ0v) is 10.2. The lowest BCUT2D eigenvalue weighted by atomic mass is 10.2. The van der Waals surface area contributed by atoms with Crippen LogP contribution in [0.5, 0.6) is 5.75 Å². The number of nitrogens with two attached hydrogens (primary N) is 1. The van der Waals surface area contributed by atoms with Gasteiger partial charge < -0.3 is 10.8 Å². The fraction of sp³-hybridized carbons (Fsp3) is 0. The molecule has 12 heavy (non-hydrogen) atoms. The van der Waals surface area contributed by atoms with Gasteiger partial charge in [-0.3, -0.25) is 4.79 Å². The normalized spacial score (nSPS) is 9.83. The first-order valence-electron chi connectivity index (χ1n) is 3.01. The number of halogens is 2. The molecule has 0 radical (unpaired) electrons. The van der Waals surface area contributed by atoms with Crippen LogP contribution in [-0.2, 0) is 0 Å². The summed E-state index contributed by atoms with van der Waals surface area (Å²) >= 11 is 4.03. The molecule has 3 nitrogen and oxygen atoms in total. The summed E-state index contributed by atoms with van der Waals surface area (Å²) in [5.41, 5.74) is 5.20. The van der Waals surface area contributed by atoms with Crippen molar-refractivity contribution in [2.45, 2.75) is 0 Å². The molecule has 0 aromatic heterocycles. The molecule has 0 aliphatic heterocycles. The third-order valence-electron chi connectivity index (χ3n) is 1.33. The van der Waals surface area contributed by atoms with Crippen LogP contribution < -0.4 is 5.73 Å². The summed E-state index contributed by atoms with van der Waals surface area (Å²) in [6, 6.07) is 3.25. The molecule has 3 N–H and O–H groups in total. The predicted molar refractivity (Wildman–Crippen MR) is 62.1 cm³/mol. The number of aromatic hydroxyl groups is 1. The number of phenols is 1. The van der Waals surface area contributed by atoms with Gasteiger partial charge in [0.15, 0.2) is 0 Å². The molecule has 64 valence electrons. The van der Waals surface area contributed by atoms with Crippen molar-refractivity contribution in [1.82, 2.24) is 0 Å². The highest BCUT2D eigenvalue weighted by atomic mass is 127. The summed E-state index contributed by atoms with van der Waals surface area (Å²) in [5, 5.41) is 9.44. The highest BCUT2D eigenvalue weighted by molar-refractivity contribution is 14.1. The first-order chi connectivity index (χ1) is 5.54. The second-order valence-corrected chi connectivity index (χ2v) is 4.36. The van der Waals surface area contributed by atoms with Gasteiger partial charge in [0.2, 0.25) is 0 Å². The lowest BCUT2D eigenvalue weighted by Crippen LogP contribution is -2.11. The predicted octanol–water partition coefficient (Wildman–Crippen LogP) is 1.70. The van der Waals surface area contributed by atoms with E-state index in [0.717, 1.165) is 3.57 Å². The maximum atomic E-state index is 10.7. The molecule has 1 rings (SSSR count). The Morgan fingerprint density at radius 3 is 2.50 bits per heavy atom. The minimum absolute atomic E-state index is 0.0324. The summed E-state index contributed by atoms with van der Waals surface area (Å²) in [6.45, 7) is 0. The Morgan fingerprint density at radius 2 is 2.00 bits per heavy atom. The van der Waals surface area contributed by atoms with E-state index in [1.54, 1.807) is 6.07 Å². The highest BCUT2D eigenvalue weighted by Gasteiger charge is 2.11. The molecule has 0 aliphatic carbocycles. The van der Waals surface area contributed by atoms with Crippen molar-refractivity contribution in [1.29, 1.82) is 0 Å². The van der Waals surface area contributed by atoms with E-state index >= 15 is 0 Å². The smallest absolute Gasteiger partial charge is 0.252 e. The molecule has 0 saturated carbocycles. The van der Waals surface area contributed by atoms with Crippen LogP contribution in [0.4, 0.5) is 0 Å². The first-order valence-corrected chi connectivity index (χ1v) is 5.16. The van der Waals surface area contributed by atoms with Gasteiger partial charge in [0.25, 0.3) is 5.91 Å². The third-order valence-corrected chi connectivity index (χ3v) is 4.36. The van der Waals surface area contributed by atoms with Gasteiger partial charge in [0.1, 0.15) is 5.75 Å². The molecular formula is C7H5I2NO2. The van der Waals surface area contributed by atoms with Crippen LogP contribution in [0.3, 0.4) is 0 Å². The van der Waals surface area contributed by atoms with E-state index in [4.69, 9.17) is 5.73 Å². The number of hydrogen-bond donors (Lipinski definition) is 2. The van der Waals surface area contributed by atoms with Crippen LogP contribution in [0.2, 0.25) is 0 Å². The van der Waals surface area contributed by atoms with Crippen molar-refractivity contribution in [3.63, 3.8) is 0 Å². The SMILES string of the molecule is NC(=O)c1ccc(I)c(I)c1O. The number of carbonyl (C=O) groups is 1. The quantitative estimate of drug-likeness (QED) is 0.719. The average molecular weight is 389 g/mol. The van der Waals surface area contributed by atoms with E-state index in [9.17, 15) is 9.90 Å². The Balaban J connectivity index is 3.36. The number of hydrogen-bond acceptors (Lipinski definition) is 2. The Kier molecular flexibility index (Phi) is 3.16. The van der Waals surface area contributed by atoms with Gasteiger partial charge in [0, 0.05) is 3.57 Å². The van der Waals surface area contributed by atoms with E-state index in [0.29, 0.717) is 3.57 Å². The molecule has 0 heterocycles. The van der Waals surface area contributed by atoms with Crippen LogP contribution in [0, 0.1) is 7.14 Å². The number of benzene rings is 1. The van der Waals surface area contributed by atoms with E-state index in [-0.39, 0.29) is 11.3 Å². The Bertz CT molecular complexity index is 338. The van der Waals surface area contributed by atoms with Gasteiger partial charge in [-0.1, -0.05) is 0 Å². The van der Waals surface area contributed by atoms with E-state index in [2.05, 4.69) is 22.6 Å². The van der Waals surface area contributed by atoms with Gasteiger partial charge >= 0.3 is 0 Å². The Labute approximate surface area is 96.6 Å². The van der Waals surface area contributed by atoms with Crippen LogP contribution in [0.1, 0.15) is 10.4 Å². The first kappa shape index (κ1) is 10.0. The van der Waals surface area contributed by atoms with Crippen LogP contribution in [-0.4, -0.2) is 11.0 Å². The largest absolute Gasteiger partial charge is 0.506 e. The Morgan fingerprint density at radius 1 is 1.42 bits per heavy atom. The monoisotopic (exact) mass is 389 g/mol. The van der Waals surface area contributed by atoms with Gasteiger partial charge in [-0.05, 0) is 57.3 Å². The third kappa shape index (κ3) is 1.82. The fourth-order valence-electron chi connectivity index (χ4n) is 0.739. The standard InChI is InChI=1S/C7H5I2NO2/c8-4-2-1-3(7(10)12)6(11)5(4)9/h1-2,11H,(H2,10,12). The summed E-state index contributed by atoms with van der Waals surface area (Å²) in [7, 11) is 0. The number of amides is 1. The van der Waals surface area contributed by atoms with Crippen LogP contribution >= 0.6 is 45.2 Å². The molecule has 1 aromatic carbocycles. The molecule has 0 fully saturated rings. The van der Waals surface area contributed by atoms with Gasteiger partial charge in [-0.2, -0.15) is 0 Å². The summed E-state index contributed by atoms with van der Waals surface area (Å²) in [5.74, 6) is -0.642. The lowest BCUT2D eigenvalue weighted by Gasteiger charge is -2.03. The fourth-order valence-corrected chi connectivity index (χ4v) is 1.64. The van der Waals surface area contributed by atoms with Crippen molar-refractivity contribution < 1.29 is 9.90 Å². The molecule has 1 aromatic rings. The minimum Gasteiger partial charge on any atom is -0.506 e. The van der Waals surface area contributed by atoms with Gasteiger partial charge in [-0.15, -0.1) is 0 Å². The van der Waals surface area contributed by atoms with Crippen LogP contribution in [0.25, 0.3) is 0 Å². The molecular weight excluding hydrogens is 384 g/mol. The molecule has 5 heteroatoms. The molecule has 1 amide bonds. The van der Waals surface area contributed by atoms with Crippen molar-refractivity contribution >= 4 is 51.1 Å². The molecule has 0 aliphatic rings. The molecule has 0 atom stereocenters. The second kappa shape index (κ2) is 3.77. The number of primary amides is 1. The van der Waals surface area contributed by atoms with Crippen molar-refractivity contribution in [2.75, 3.05) is 0 Å². The van der Waals surface area contributed by atoms with Crippen molar-refractivity contribution in [2.24, 2.45) is 5.73 Å². The zero-order chi connectivity index (χ0) is 9.30. The molecule has 0 unspecified atom stereocenters. The summed E-state index contributed by atoms with van der Waals surface area (Å²) in [6.07, 6.45) is 0. The number of rotatable bonds is 1. The maximum absolute atomic E-state index is 10.7. The van der Waals surface area contributed by atoms with Crippen molar-refractivity contribution in [3.8, 4) is 5.75 Å². The van der Waals surface area contributed by atoms with E-state index in [1.165, 1.54) is 6.07 Å². The highest BCUT2D eigenvalue weighted by Crippen LogP contribution is 2.28. The van der Waals surface area contributed by atoms with Gasteiger partial charge in [-0.25, -0.2) is 0 Å². The van der Waals surface area contributed by atoms with E-state index < -0.39 is 5.91 Å². The molecule has 0 saturated heterocycles. The number of carbonyl (C=O) groups excluding carboxylic acids is 1.